The van der Waals surface area contributed by atoms with E-state index in [9.17, 15) is 9.18 Å². The van der Waals surface area contributed by atoms with E-state index < -0.39 is 0 Å². The predicted octanol–water partition coefficient (Wildman–Crippen LogP) is 3.68. The first kappa shape index (κ1) is 18.8. The van der Waals surface area contributed by atoms with Gasteiger partial charge in [0.05, 0.1) is 17.9 Å². The largest absolute Gasteiger partial charge is 0.379 e. The molecule has 0 spiro atoms. The van der Waals surface area contributed by atoms with E-state index in [2.05, 4.69) is 9.88 Å². The number of fused-ring (bicyclic) bond motifs is 1. The predicted molar refractivity (Wildman–Crippen MR) is 106 cm³/mol. The smallest absolute Gasteiger partial charge is 0.231 e. The zero-order chi connectivity index (χ0) is 18.6. The van der Waals surface area contributed by atoms with Crippen LogP contribution in [0.1, 0.15) is 32.1 Å². The molecule has 0 atom stereocenters. The molecule has 0 N–H and O–H groups in total. The van der Waals surface area contributed by atoms with Gasteiger partial charge in [-0.3, -0.25) is 14.6 Å². The number of hydrogen-bond donors (Lipinski definition) is 0. The molecule has 0 radical (unpaired) electrons. The van der Waals surface area contributed by atoms with Crippen molar-refractivity contribution < 1.29 is 13.9 Å². The molecule has 0 unspecified atom stereocenters. The van der Waals surface area contributed by atoms with Gasteiger partial charge in [-0.2, -0.15) is 0 Å². The fourth-order valence-corrected chi connectivity index (χ4v) is 4.97. The van der Waals surface area contributed by atoms with E-state index in [1.807, 2.05) is 11.0 Å². The van der Waals surface area contributed by atoms with Crippen molar-refractivity contribution in [2.45, 2.75) is 32.1 Å². The van der Waals surface area contributed by atoms with E-state index in [0.717, 1.165) is 63.2 Å². The van der Waals surface area contributed by atoms with Gasteiger partial charge in [0.1, 0.15) is 11.3 Å². The highest BCUT2D eigenvalue weighted by molar-refractivity contribution is 7.22. The fourth-order valence-electron chi connectivity index (χ4n) is 3.95. The molecule has 146 valence electrons. The summed E-state index contributed by atoms with van der Waals surface area (Å²) in [5, 5.41) is 0.624. The van der Waals surface area contributed by atoms with Crippen molar-refractivity contribution in [3.8, 4) is 0 Å². The van der Waals surface area contributed by atoms with E-state index in [4.69, 9.17) is 4.74 Å². The second-order valence-electron chi connectivity index (χ2n) is 7.36. The molecule has 1 aliphatic carbocycles. The Morgan fingerprint density at radius 2 is 2.04 bits per heavy atom. The number of thiazole rings is 1. The maximum atomic E-state index is 14.1. The van der Waals surface area contributed by atoms with Gasteiger partial charge in [-0.1, -0.05) is 36.7 Å². The molecule has 2 aromatic rings. The zero-order valence-corrected chi connectivity index (χ0v) is 16.3. The average molecular weight is 392 g/mol. The van der Waals surface area contributed by atoms with Gasteiger partial charge in [-0.25, -0.2) is 9.37 Å². The quantitative estimate of drug-likeness (QED) is 0.780. The topological polar surface area (TPSA) is 45.7 Å². The van der Waals surface area contributed by atoms with Gasteiger partial charge in [-0.05, 0) is 25.0 Å². The van der Waals surface area contributed by atoms with Crippen LogP contribution in [0.3, 0.4) is 0 Å². The second kappa shape index (κ2) is 8.63. The molecule has 1 aliphatic heterocycles. The van der Waals surface area contributed by atoms with Crippen LogP contribution in [-0.4, -0.2) is 55.2 Å². The molecule has 1 saturated carbocycles. The summed E-state index contributed by atoms with van der Waals surface area (Å²) in [6, 6.07) is 4.98. The van der Waals surface area contributed by atoms with Crippen molar-refractivity contribution >= 4 is 32.6 Å². The Labute approximate surface area is 163 Å². The molecular formula is C20H26FN3O2S. The van der Waals surface area contributed by atoms with Crippen molar-refractivity contribution in [2.24, 2.45) is 5.92 Å². The van der Waals surface area contributed by atoms with Crippen molar-refractivity contribution in [2.75, 3.05) is 44.3 Å². The number of carbonyl (C=O) groups is 1. The van der Waals surface area contributed by atoms with Crippen LogP contribution < -0.4 is 4.90 Å². The van der Waals surface area contributed by atoms with Gasteiger partial charge in [0, 0.05) is 32.1 Å². The Bertz CT molecular complexity index is 785. The van der Waals surface area contributed by atoms with Crippen LogP contribution in [0.25, 0.3) is 10.2 Å². The normalized spacial score (nSPS) is 19.4. The van der Waals surface area contributed by atoms with Gasteiger partial charge in [0.15, 0.2) is 5.13 Å². The van der Waals surface area contributed by atoms with Gasteiger partial charge >= 0.3 is 0 Å². The summed E-state index contributed by atoms with van der Waals surface area (Å²) in [6.07, 6.45) is 5.34. The van der Waals surface area contributed by atoms with Crippen LogP contribution >= 0.6 is 11.3 Å². The molecule has 2 heterocycles. The van der Waals surface area contributed by atoms with Gasteiger partial charge in [-0.15, -0.1) is 0 Å². The van der Waals surface area contributed by atoms with Gasteiger partial charge in [0.2, 0.25) is 5.91 Å². The average Bonchev–Trinajstić information content (AvgIpc) is 3.15. The van der Waals surface area contributed by atoms with E-state index in [1.54, 1.807) is 6.07 Å². The SMILES string of the molecule is O=C(C1CCCCC1)N(CCN1CCOCC1)c1nc2c(F)cccc2s1. The standard InChI is InChI=1S/C20H26FN3O2S/c21-16-7-4-8-17-18(16)22-20(27-17)24(10-9-23-11-13-26-14-12-23)19(25)15-5-2-1-3-6-15/h4,7-8,15H,1-3,5-6,9-14H2. The molecular weight excluding hydrogens is 365 g/mol. The Morgan fingerprint density at radius 1 is 1.26 bits per heavy atom. The van der Waals surface area contributed by atoms with Crippen molar-refractivity contribution in [3.05, 3.63) is 24.0 Å². The number of ether oxygens (including phenoxy) is 1. The first-order valence-corrected chi connectivity index (χ1v) is 10.7. The summed E-state index contributed by atoms with van der Waals surface area (Å²) in [5.74, 6) is -0.101. The van der Waals surface area contributed by atoms with Crippen molar-refractivity contribution in [3.63, 3.8) is 0 Å². The van der Waals surface area contributed by atoms with Gasteiger partial charge in [0.25, 0.3) is 0 Å². The number of morpholine rings is 1. The molecule has 27 heavy (non-hydrogen) atoms. The number of rotatable bonds is 5. The Hall–Kier alpha value is -1.57. The minimum Gasteiger partial charge on any atom is -0.379 e. The summed E-state index contributed by atoms with van der Waals surface area (Å²) in [4.78, 5) is 21.9. The van der Waals surface area contributed by atoms with Crippen LogP contribution in [0.15, 0.2) is 18.2 Å². The Balaban J connectivity index is 1.57. The van der Waals surface area contributed by atoms with E-state index in [1.165, 1.54) is 23.8 Å². The lowest BCUT2D eigenvalue weighted by molar-refractivity contribution is -0.123. The van der Waals surface area contributed by atoms with Crippen molar-refractivity contribution in [1.29, 1.82) is 0 Å². The van der Waals surface area contributed by atoms with Crippen LogP contribution in [0.2, 0.25) is 0 Å². The summed E-state index contributed by atoms with van der Waals surface area (Å²) in [5.41, 5.74) is 0.366. The van der Waals surface area contributed by atoms with Crippen LogP contribution in [0, 0.1) is 11.7 Å². The summed E-state index contributed by atoms with van der Waals surface area (Å²) in [7, 11) is 0. The zero-order valence-electron chi connectivity index (χ0n) is 15.5. The molecule has 1 aromatic heterocycles. The third-order valence-electron chi connectivity index (χ3n) is 5.55. The summed E-state index contributed by atoms with van der Waals surface area (Å²) in [6.45, 7) is 4.64. The first-order valence-electron chi connectivity index (χ1n) is 9.89. The molecule has 1 amide bonds. The molecule has 1 saturated heterocycles. The lowest BCUT2D eigenvalue weighted by atomic mass is 9.88. The van der Waals surface area contributed by atoms with Crippen LogP contribution in [-0.2, 0) is 9.53 Å². The molecule has 0 bridgehead atoms. The summed E-state index contributed by atoms with van der Waals surface area (Å²) >= 11 is 1.41. The maximum Gasteiger partial charge on any atom is 0.231 e. The minimum atomic E-state index is -0.326. The molecule has 2 fully saturated rings. The number of carbonyl (C=O) groups excluding carboxylic acids is 1. The van der Waals surface area contributed by atoms with Crippen molar-refractivity contribution in [1.82, 2.24) is 9.88 Å². The molecule has 1 aromatic carbocycles. The summed E-state index contributed by atoms with van der Waals surface area (Å²) < 4.78 is 20.3. The maximum absolute atomic E-state index is 14.1. The van der Waals surface area contributed by atoms with Crippen LogP contribution in [0.4, 0.5) is 9.52 Å². The second-order valence-corrected chi connectivity index (χ2v) is 8.37. The van der Waals surface area contributed by atoms with Gasteiger partial charge < -0.3 is 4.74 Å². The molecule has 2 aliphatic rings. The Kier molecular flexibility index (Phi) is 6.00. The van der Waals surface area contributed by atoms with E-state index in [0.29, 0.717) is 17.2 Å². The van der Waals surface area contributed by atoms with E-state index in [-0.39, 0.29) is 17.6 Å². The van der Waals surface area contributed by atoms with E-state index >= 15 is 0 Å². The number of halogens is 1. The number of hydrogen-bond acceptors (Lipinski definition) is 5. The third kappa shape index (κ3) is 4.31. The number of aromatic nitrogens is 1. The fraction of sp³-hybridized carbons (Fsp3) is 0.600. The number of para-hydroxylation sites is 1. The third-order valence-corrected chi connectivity index (χ3v) is 6.60. The monoisotopic (exact) mass is 391 g/mol. The number of amides is 1. The molecule has 4 rings (SSSR count). The lowest BCUT2D eigenvalue weighted by Gasteiger charge is -2.31. The highest BCUT2D eigenvalue weighted by Crippen LogP contribution is 2.33. The molecule has 7 heteroatoms. The highest BCUT2D eigenvalue weighted by Gasteiger charge is 2.29. The molecule has 5 nitrogen and oxygen atoms in total. The van der Waals surface area contributed by atoms with Crippen LogP contribution in [0.5, 0.6) is 0 Å². The number of anilines is 1. The first-order chi connectivity index (χ1) is 13.2. The lowest BCUT2D eigenvalue weighted by Crippen LogP contribution is -2.45. The number of nitrogens with zero attached hydrogens (tertiary/aromatic N) is 3. The highest BCUT2D eigenvalue weighted by atomic mass is 32.1. The minimum absolute atomic E-state index is 0.0697. The number of benzene rings is 1. The Morgan fingerprint density at radius 3 is 2.78 bits per heavy atom.